The summed E-state index contributed by atoms with van der Waals surface area (Å²) in [7, 11) is 0. The van der Waals surface area contributed by atoms with Gasteiger partial charge in [0, 0.05) is 17.0 Å². The number of rotatable bonds is 4. The van der Waals surface area contributed by atoms with Crippen molar-refractivity contribution in [3.8, 4) is 0 Å². The molecule has 17 heavy (non-hydrogen) atoms. The lowest BCUT2D eigenvalue weighted by atomic mass is 9.96. The Bertz CT molecular complexity index is 405. The molecular weight excluding hydrogens is 259 g/mol. The highest BCUT2D eigenvalue weighted by atomic mass is 35.5. The van der Waals surface area contributed by atoms with E-state index in [0.29, 0.717) is 6.54 Å². The molecule has 1 aliphatic rings. The van der Waals surface area contributed by atoms with Crippen LogP contribution in [0.15, 0.2) is 24.3 Å². The van der Waals surface area contributed by atoms with Crippen LogP contribution >= 0.6 is 24.0 Å². The Kier molecular flexibility index (Phi) is 4.80. The summed E-state index contributed by atoms with van der Waals surface area (Å²) in [6.07, 6.45) is 2.19. The molecular formula is C12H16Cl2N2O. The van der Waals surface area contributed by atoms with E-state index in [1.807, 2.05) is 18.2 Å². The van der Waals surface area contributed by atoms with Gasteiger partial charge in [0.25, 0.3) is 0 Å². The molecule has 1 aliphatic carbocycles. The summed E-state index contributed by atoms with van der Waals surface area (Å²) in [5, 5.41) is 3.59. The van der Waals surface area contributed by atoms with Crippen LogP contribution in [0, 0.1) is 0 Å². The van der Waals surface area contributed by atoms with Crippen molar-refractivity contribution in [2.75, 3.05) is 13.1 Å². The number of hydrogen-bond donors (Lipinski definition) is 2. The van der Waals surface area contributed by atoms with Crippen LogP contribution in [0.25, 0.3) is 0 Å². The molecule has 2 rings (SSSR count). The van der Waals surface area contributed by atoms with E-state index >= 15 is 0 Å². The average molecular weight is 275 g/mol. The molecule has 3 N–H and O–H groups in total. The molecule has 1 aromatic carbocycles. The lowest BCUT2D eigenvalue weighted by molar-refractivity contribution is -0.119. The molecule has 0 radical (unpaired) electrons. The predicted molar refractivity (Wildman–Crippen MR) is 71.7 cm³/mol. The topological polar surface area (TPSA) is 55.1 Å². The van der Waals surface area contributed by atoms with Gasteiger partial charge in [-0.3, -0.25) is 4.79 Å². The summed E-state index contributed by atoms with van der Waals surface area (Å²) in [6.45, 7) is 0.703. The van der Waals surface area contributed by atoms with Crippen molar-refractivity contribution in [3.63, 3.8) is 0 Å². The summed E-state index contributed by atoms with van der Waals surface area (Å²) in [5.41, 5.74) is 6.55. The minimum absolute atomic E-state index is 0. The quantitative estimate of drug-likeness (QED) is 0.881. The van der Waals surface area contributed by atoms with E-state index in [9.17, 15) is 4.79 Å². The molecule has 0 unspecified atom stereocenters. The molecule has 0 aromatic heterocycles. The van der Waals surface area contributed by atoms with Crippen molar-refractivity contribution in [1.29, 1.82) is 0 Å². The zero-order valence-electron chi connectivity index (χ0n) is 9.41. The van der Waals surface area contributed by atoms with Crippen molar-refractivity contribution in [2.24, 2.45) is 5.73 Å². The van der Waals surface area contributed by atoms with Crippen LogP contribution < -0.4 is 11.1 Å². The van der Waals surface area contributed by atoms with E-state index < -0.39 is 0 Å². The van der Waals surface area contributed by atoms with Gasteiger partial charge in [-0.25, -0.2) is 0 Å². The second-order valence-electron chi connectivity index (χ2n) is 4.27. The first-order valence-electron chi connectivity index (χ1n) is 5.39. The van der Waals surface area contributed by atoms with E-state index in [2.05, 4.69) is 11.4 Å². The zero-order valence-corrected chi connectivity index (χ0v) is 11.0. The number of nitrogens with two attached hydrogens (primary N) is 1. The minimum Gasteiger partial charge on any atom is -0.354 e. The first-order valence-corrected chi connectivity index (χ1v) is 5.77. The van der Waals surface area contributed by atoms with Gasteiger partial charge in [0.15, 0.2) is 0 Å². The summed E-state index contributed by atoms with van der Waals surface area (Å²) >= 11 is 5.96. The number of carbonyl (C=O) groups excluding carboxylic acids is 1. The minimum atomic E-state index is -0.103. The normalized spacial score (nSPS) is 15.9. The van der Waals surface area contributed by atoms with Crippen LogP contribution in [0.4, 0.5) is 0 Å². The second kappa shape index (κ2) is 5.71. The van der Waals surface area contributed by atoms with Gasteiger partial charge < -0.3 is 11.1 Å². The molecule has 0 saturated heterocycles. The van der Waals surface area contributed by atoms with E-state index in [4.69, 9.17) is 17.3 Å². The average Bonchev–Trinajstić information content (AvgIpc) is 3.07. The summed E-state index contributed by atoms with van der Waals surface area (Å²) in [5.74, 6) is -0.103. The first kappa shape index (κ1) is 14.3. The lowest BCUT2D eigenvalue weighted by Gasteiger charge is -2.16. The van der Waals surface area contributed by atoms with Gasteiger partial charge in [-0.15, -0.1) is 12.4 Å². The molecule has 3 nitrogen and oxygen atoms in total. The fourth-order valence-electron chi connectivity index (χ4n) is 1.88. The smallest absolute Gasteiger partial charge is 0.233 e. The predicted octanol–water partition coefficient (Wildman–Crippen LogP) is 1.87. The highest BCUT2D eigenvalue weighted by molar-refractivity contribution is 6.30. The molecule has 1 aromatic rings. The van der Waals surface area contributed by atoms with E-state index in [0.717, 1.165) is 17.9 Å². The van der Waals surface area contributed by atoms with E-state index in [1.165, 1.54) is 5.56 Å². The molecule has 0 spiro atoms. The summed E-state index contributed by atoms with van der Waals surface area (Å²) in [4.78, 5) is 11.1. The Hall–Kier alpha value is -0.770. The SMILES string of the molecule is Cl.NCC(=O)NCC1(c2cccc(Cl)c2)CC1. The van der Waals surface area contributed by atoms with Gasteiger partial charge >= 0.3 is 0 Å². The first-order chi connectivity index (χ1) is 7.66. The van der Waals surface area contributed by atoms with Crippen molar-refractivity contribution < 1.29 is 4.79 Å². The zero-order chi connectivity index (χ0) is 11.6. The Balaban J connectivity index is 0.00000144. The third-order valence-electron chi connectivity index (χ3n) is 3.10. The van der Waals surface area contributed by atoms with Crippen molar-refractivity contribution in [1.82, 2.24) is 5.32 Å². The number of nitrogens with one attached hydrogen (secondary N) is 1. The molecule has 0 heterocycles. The van der Waals surface area contributed by atoms with Gasteiger partial charge in [-0.2, -0.15) is 0 Å². The number of amides is 1. The van der Waals surface area contributed by atoms with Gasteiger partial charge in [0.05, 0.1) is 6.54 Å². The number of hydrogen-bond acceptors (Lipinski definition) is 2. The second-order valence-corrected chi connectivity index (χ2v) is 4.71. The number of benzene rings is 1. The van der Waals surface area contributed by atoms with Crippen LogP contribution in [0.3, 0.4) is 0 Å². The van der Waals surface area contributed by atoms with E-state index in [-0.39, 0.29) is 30.3 Å². The summed E-state index contributed by atoms with van der Waals surface area (Å²) < 4.78 is 0. The molecule has 5 heteroatoms. The summed E-state index contributed by atoms with van der Waals surface area (Å²) in [6, 6.07) is 7.85. The van der Waals surface area contributed by atoms with Crippen LogP contribution in [0.2, 0.25) is 5.02 Å². The largest absolute Gasteiger partial charge is 0.354 e. The Morgan fingerprint density at radius 3 is 2.71 bits per heavy atom. The molecule has 94 valence electrons. The third kappa shape index (κ3) is 3.35. The highest BCUT2D eigenvalue weighted by Gasteiger charge is 2.44. The van der Waals surface area contributed by atoms with Gasteiger partial charge in [-0.1, -0.05) is 23.7 Å². The monoisotopic (exact) mass is 274 g/mol. The fraction of sp³-hybridized carbons (Fsp3) is 0.417. The molecule has 0 atom stereocenters. The van der Waals surface area contributed by atoms with Crippen LogP contribution in [0.5, 0.6) is 0 Å². The standard InChI is InChI=1S/C12H15ClN2O.ClH/c13-10-3-1-2-9(6-10)12(4-5-12)8-15-11(16)7-14;/h1-3,6H,4-5,7-8,14H2,(H,15,16);1H. The van der Waals surface area contributed by atoms with Crippen LogP contribution in [-0.2, 0) is 10.2 Å². The van der Waals surface area contributed by atoms with Gasteiger partial charge in [0.2, 0.25) is 5.91 Å². The number of halogens is 2. The Labute approximate surface area is 112 Å². The fourth-order valence-corrected chi connectivity index (χ4v) is 2.07. The maximum absolute atomic E-state index is 11.1. The Morgan fingerprint density at radius 2 is 2.18 bits per heavy atom. The Morgan fingerprint density at radius 1 is 1.47 bits per heavy atom. The molecule has 0 aliphatic heterocycles. The number of carbonyl (C=O) groups is 1. The van der Waals surface area contributed by atoms with Crippen LogP contribution in [-0.4, -0.2) is 19.0 Å². The van der Waals surface area contributed by atoms with Crippen LogP contribution in [0.1, 0.15) is 18.4 Å². The highest BCUT2D eigenvalue weighted by Crippen LogP contribution is 2.48. The maximum atomic E-state index is 11.1. The van der Waals surface area contributed by atoms with Gasteiger partial charge in [-0.05, 0) is 30.5 Å². The third-order valence-corrected chi connectivity index (χ3v) is 3.33. The molecule has 1 saturated carbocycles. The van der Waals surface area contributed by atoms with E-state index in [1.54, 1.807) is 0 Å². The molecule has 0 bridgehead atoms. The molecule has 1 amide bonds. The van der Waals surface area contributed by atoms with Crippen molar-refractivity contribution in [2.45, 2.75) is 18.3 Å². The van der Waals surface area contributed by atoms with Crippen molar-refractivity contribution in [3.05, 3.63) is 34.9 Å². The lowest BCUT2D eigenvalue weighted by Crippen LogP contribution is -2.36. The maximum Gasteiger partial charge on any atom is 0.233 e. The van der Waals surface area contributed by atoms with Gasteiger partial charge in [0.1, 0.15) is 0 Å². The van der Waals surface area contributed by atoms with Crippen molar-refractivity contribution >= 4 is 29.9 Å². The molecule has 1 fully saturated rings.